The summed E-state index contributed by atoms with van der Waals surface area (Å²) < 4.78 is 16.1. The van der Waals surface area contributed by atoms with Gasteiger partial charge in [0.25, 0.3) is 0 Å². The van der Waals surface area contributed by atoms with Crippen LogP contribution in [0.25, 0.3) is 0 Å². The number of hydrogen-bond donors (Lipinski definition) is 2. The molecule has 182 valence electrons. The molecule has 0 saturated heterocycles. The summed E-state index contributed by atoms with van der Waals surface area (Å²) in [6.45, 7) is 0.583. The molecule has 4 rings (SSSR count). The lowest BCUT2D eigenvalue weighted by Gasteiger charge is -2.25. The lowest BCUT2D eigenvalue weighted by Crippen LogP contribution is -2.50. The number of carbonyl (C=O) groups is 2. The number of benzene rings is 3. The van der Waals surface area contributed by atoms with E-state index in [2.05, 4.69) is 10.6 Å². The summed E-state index contributed by atoms with van der Waals surface area (Å²) in [6, 6.07) is 19.5. The summed E-state index contributed by atoms with van der Waals surface area (Å²) in [4.78, 5) is 28.4. The van der Waals surface area contributed by atoms with Gasteiger partial charge >= 0.3 is 6.03 Å². The van der Waals surface area contributed by atoms with Crippen molar-refractivity contribution in [1.82, 2.24) is 5.32 Å². The molecular weight excluding hydrogens is 446 g/mol. The van der Waals surface area contributed by atoms with Crippen LogP contribution in [0.4, 0.5) is 16.2 Å². The van der Waals surface area contributed by atoms with Gasteiger partial charge in [-0.2, -0.15) is 0 Å². The third kappa shape index (κ3) is 5.32. The number of nitrogens with one attached hydrogen (secondary N) is 2. The Labute approximate surface area is 204 Å². The van der Waals surface area contributed by atoms with E-state index in [1.54, 1.807) is 17.0 Å². The van der Waals surface area contributed by atoms with Crippen molar-refractivity contribution in [3.63, 3.8) is 0 Å². The fraction of sp³-hybridized carbons (Fsp3) is 0.259. The molecule has 8 heteroatoms. The minimum atomic E-state index is -0.759. The quantitative estimate of drug-likeness (QED) is 0.514. The number of fused-ring (bicyclic) bond motifs is 1. The van der Waals surface area contributed by atoms with Crippen molar-refractivity contribution < 1.29 is 23.8 Å². The summed E-state index contributed by atoms with van der Waals surface area (Å²) in [5.41, 5.74) is 3.41. The van der Waals surface area contributed by atoms with Crippen LogP contribution in [0.5, 0.6) is 17.2 Å². The third-order valence-corrected chi connectivity index (χ3v) is 5.96. The molecule has 1 heterocycles. The highest BCUT2D eigenvalue weighted by atomic mass is 16.5. The number of ether oxygens (including phenoxy) is 3. The van der Waals surface area contributed by atoms with E-state index in [0.717, 1.165) is 23.2 Å². The van der Waals surface area contributed by atoms with E-state index < -0.39 is 12.1 Å². The molecule has 3 aromatic rings. The van der Waals surface area contributed by atoms with Gasteiger partial charge in [0, 0.05) is 30.8 Å². The minimum absolute atomic E-state index is 0.154. The first-order valence-corrected chi connectivity index (χ1v) is 11.3. The van der Waals surface area contributed by atoms with Gasteiger partial charge in [0.1, 0.15) is 6.04 Å². The lowest BCUT2D eigenvalue weighted by atomic mass is 10.0. The second-order valence-electron chi connectivity index (χ2n) is 8.12. The van der Waals surface area contributed by atoms with Crippen LogP contribution in [0.2, 0.25) is 0 Å². The van der Waals surface area contributed by atoms with E-state index in [1.807, 2.05) is 54.6 Å². The fourth-order valence-corrected chi connectivity index (χ4v) is 4.28. The predicted octanol–water partition coefficient (Wildman–Crippen LogP) is 4.03. The summed E-state index contributed by atoms with van der Waals surface area (Å²) in [7, 11) is 4.52. The van der Waals surface area contributed by atoms with E-state index in [-0.39, 0.29) is 5.91 Å². The van der Waals surface area contributed by atoms with Crippen molar-refractivity contribution in [2.24, 2.45) is 0 Å². The maximum Gasteiger partial charge on any atom is 0.319 e. The maximum atomic E-state index is 13.6. The first-order valence-electron chi connectivity index (χ1n) is 11.3. The van der Waals surface area contributed by atoms with Gasteiger partial charge in [-0.25, -0.2) is 4.79 Å². The zero-order chi connectivity index (χ0) is 24.8. The van der Waals surface area contributed by atoms with Gasteiger partial charge in [0.15, 0.2) is 11.5 Å². The summed E-state index contributed by atoms with van der Waals surface area (Å²) in [6.07, 6.45) is 1.15. The van der Waals surface area contributed by atoms with Crippen LogP contribution in [0, 0.1) is 0 Å². The van der Waals surface area contributed by atoms with Gasteiger partial charge in [-0.1, -0.05) is 48.5 Å². The highest BCUT2D eigenvalue weighted by Gasteiger charge is 2.31. The predicted molar refractivity (Wildman–Crippen MR) is 135 cm³/mol. The molecule has 0 aromatic heterocycles. The zero-order valence-electron chi connectivity index (χ0n) is 20.0. The van der Waals surface area contributed by atoms with E-state index in [9.17, 15) is 9.59 Å². The summed E-state index contributed by atoms with van der Waals surface area (Å²) in [5, 5.41) is 5.66. The van der Waals surface area contributed by atoms with E-state index in [1.165, 1.54) is 21.3 Å². The van der Waals surface area contributed by atoms with Gasteiger partial charge in [-0.05, 0) is 23.6 Å². The smallest absolute Gasteiger partial charge is 0.319 e. The Bertz CT molecular complexity index is 1170. The van der Waals surface area contributed by atoms with Crippen molar-refractivity contribution in [1.29, 1.82) is 0 Å². The van der Waals surface area contributed by atoms with Crippen LogP contribution in [-0.2, 0) is 17.6 Å². The first kappa shape index (κ1) is 23.9. The number of carbonyl (C=O) groups excluding carboxylic acids is 2. The number of hydrogen-bond acceptors (Lipinski definition) is 5. The molecule has 0 fully saturated rings. The summed E-state index contributed by atoms with van der Waals surface area (Å²) >= 11 is 0. The standard InChI is InChI=1S/C27H29N3O5/c1-33-23-16-20(17-24(34-2)25(23)35-3)28-27(32)29-21(15-18-9-5-4-6-10-18)26(31)30-14-13-19-11-7-8-12-22(19)30/h4-12,16-17,21H,13-15H2,1-3H3,(H2,28,29,32). The Hall–Kier alpha value is -4.20. The van der Waals surface area contributed by atoms with Crippen LogP contribution in [0.3, 0.4) is 0 Å². The molecule has 1 atom stereocenters. The van der Waals surface area contributed by atoms with Gasteiger partial charge in [0.05, 0.1) is 27.0 Å². The molecular formula is C27H29N3O5. The highest BCUT2D eigenvalue weighted by Crippen LogP contribution is 2.40. The van der Waals surface area contributed by atoms with Crippen LogP contribution in [0.15, 0.2) is 66.7 Å². The van der Waals surface area contributed by atoms with Gasteiger partial charge in [-0.15, -0.1) is 0 Å². The van der Waals surface area contributed by atoms with Crippen molar-refractivity contribution in [3.8, 4) is 17.2 Å². The Kier molecular flexibility index (Phi) is 7.40. The number of para-hydroxylation sites is 1. The maximum absolute atomic E-state index is 13.6. The van der Waals surface area contributed by atoms with Crippen molar-refractivity contribution in [2.45, 2.75) is 18.9 Å². The largest absolute Gasteiger partial charge is 0.493 e. The Morgan fingerprint density at radius 3 is 2.23 bits per heavy atom. The number of nitrogens with zero attached hydrogens (tertiary/aromatic N) is 1. The van der Waals surface area contributed by atoms with Crippen molar-refractivity contribution in [2.75, 3.05) is 38.1 Å². The average Bonchev–Trinajstić information content (AvgIpc) is 3.32. The SMILES string of the molecule is COc1cc(NC(=O)NC(Cc2ccccc2)C(=O)N2CCc3ccccc32)cc(OC)c1OC. The number of rotatable bonds is 8. The molecule has 3 aromatic carbocycles. The second-order valence-corrected chi connectivity index (χ2v) is 8.12. The van der Waals surface area contributed by atoms with Crippen LogP contribution in [-0.4, -0.2) is 45.9 Å². The molecule has 1 aliphatic rings. The fourth-order valence-electron chi connectivity index (χ4n) is 4.28. The summed E-state index contributed by atoms with van der Waals surface area (Å²) in [5.74, 6) is 1.09. The molecule has 0 radical (unpaired) electrons. The number of anilines is 2. The van der Waals surface area contributed by atoms with E-state index in [4.69, 9.17) is 14.2 Å². The number of amides is 3. The molecule has 0 spiro atoms. The normalized spacial score (nSPS) is 12.9. The molecule has 1 unspecified atom stereocenters. The van der Waals surface area contributed by atoms with E-state index >= 15 is 0 Å². The van der Waals surface area contributed by atoms with Crippen molar-refractivity contribution in [3.05, 3.63) is 77.9 Å². The lowest BCUT2D eigenvalue weighted by molar-refractivity contribution is -0.120. The Balaban J connectivity index is 1.55. The average molecular weight is 476 g/mol. The second kappa shape index (κ2) is 10.8. The first-order chi connectivity index (χ1) is 17.0. The van der Waals surface area contributed by atoms with Crippen LogP contribution in [0.1, 0.15) is 11.1 Å². The molecule has 0 aliphatic carbocycles. The molecule has 0 saturated carbocycles. The van der Waals surface area contributed by atoms with Crippen LogP contribution >= 0.6 is 0 Å². The van der Waals surface area contributed by atoms with Crippen molar-refractivity contribution >= 4 is 23.3 Å². The van der Waals surface area contributed by atoms with Gasteiger partial charge in [0.2, 0.25) is 11.7 Å². The highest BCUT2D eigenvalue weighted by molar-refractivity contribution is 6.02. The van der Waals surface area contributed by atoms with E-state index in [0.29, 0.717) is 35.9 Å². The molecule has 35 heavy (non-hydrogen) atoms. The Morgan fingerprint density at radius 1 is 0.914 bits per heavy atom. The molecule has 1 aliphatic heterocycles. The molecule has 0 bridgehead atoms. The third-order valence-electron chi connectivity index (χ3n) is 5.96. The number of urea groups is 1. The monoisotopic (exact) mass is 475 g/mol. The van der Waals surface area contributed by atoms with Gasteiger partial charge in [-0.3, -0.25) is 4.79 Å². The van der Waals surface area contributed by atoms with Crippen LogP contribution < -0.4 is 29.7 Å². The Morgan fingerprint density at radius 2 is 1.57 bits per heavy atom. The molecule has 2 N–H and O–H groups in total. The number of methoxy groups -OCH3 is 3. The molecule has 8 nitrogen and oxygen atoms in total. The van der Waals surface area contributed by atoms with Gasteiger partial charge < -0.3 is 29.7 Å². The topological polar surface area (TPSA) is 89.1 Å². The minimum Gasteiger partial charge on any atom is -0.493 e. The zero-order valence-corrected chi connectivity index (χ0v) is 20.0. The molecule has 3 amide bonds.